The van der Waals surface area contributed by atoms with Crippen molar-refractivity contribution >= 4 is 42.2 Å². The molecule has 0 aliphatic carbocycles. The van der Waals surface area contributed by atoms with Gasteiger partial charge in [0.05, 0.1) is 24.1 Å². The van der Waals surface area contributed by atoms with Crippen molar-refractivity contribution in [2.75, 3.05) is 31.1 Å². The second-order valence-electron chi connectivity index (χ2n) is 19.0. The monoisotopic (exact) mass is 1040 g/mol. The first-order valence-corrected chi connectivity index (χ1v) is 26.2. The smallest absolute Gasteiger partial charge is 0.421 e. The second-order valence-corrected chi connectivity index (χ2v) is 19.0. The van der Waals surface area contributed by atoms with Crippen LogP contribution in [0.25, 0.3) is 10.4 Å². The molecule has 0 spiro atoms. The molecule has 0 saturated carbocycles. The minimum absolute atomic E-state index is 0. The number of carbonyl (C=O) groups is 3. The molecule has 2 amide bonds. The normalized spacial score (nSPS) is 10.6. The molecular formula is C55H83ClN14O4. The number of hydrogen-bond donors (Lipinski definition) is 5. The molecule has 2 aromatic carbocycles. The highest BCUT2D eigenvalue weighted by molar-refractivity contribution is 5.94. The first-order valence-electron chi connectivity index (χ1n) is 26.2. The molecule has 0 unspecified atom stereocenters. The molecule has 0 radical (unpaired) electrons. The van der Waals surface area contributed by atoms with Crippen molar-refractivity contribution in [1.82, 2.24) is 45.1 Å². The Balaban J connectivity index is 0.000000399. The average molecular weight is 1040 g/mol. The number of nitrogens with two attached hydrogens (primary N) is 2. The standard InChI is InChI=1S/C25H37N7O.C15H22N4O.C15H23N3O2.ClH/c1-2-3-4-6-9-20-12-14-21(15-13-20)24(33)27-16-17-32-19-23(30-31-32)11-8-5-7-10-22-18-28-25(26)29-22;1-2-3-4-5-6-13-7-9-14(10-8-13)15(20)17-11-12-18-19-16;1-5-6-7-8-9-10-12-11-18(13(16)17-12)14(19)20-15(2,3)4;/h12-15,18-19H,2-11,16-17H2,1H3,(H,27,33)(H3,26,28,29);7-10H,2-6,11-12H2,1H3,(H,17,20);1,11H,6-10H2,2-4H3,(H2,16,17);1H. The van der Waals surface area contributed by atoms with Gasteiger partial charge in [0.2, 0.25) is 5.95 Å². The first kappa shape index (κ1) is 63.3. The molecule has 0 saturated heterocycles. The van der Waals surface area contributed by atoms with Crippen LogP contribution in [0.3, 0.4) is 0 Å². The van der Waals surface area contributed by atoms with Gasteiger partial charge in [-0.2, -0.15) is 0 Å². The Morgan fingerprint density at radius 2 is 1.30 bits per heavy atom. The third-order valence-corrected chi connectivity index (χ3v) is 11.5. The van der Waals surface area contributed by atoms with Crippen molar-refractivity contribution in [1.29, 1.82) is 0 Å². The summed E-state index contributed by atoms with van der Waals surface area (Å²) in [7, 11) is 0. The molecule has 0 fully saturated rings. The Bertz CT molecular complexity index is 2430. The van der Waals surface area contributed by atoms with Crippen molar-refractivity contribution in [2.45, 2.75) is 175 Å². The van der Waals surface area contributed by atoms with Gasteiger partial charge in [0.1, 0.15) is 5.60 Å². The molecule has 7 N–H and O–H groups in total. The van der Waals surface area contributed by atoms with Crippen LogP contribution in [-0.4, -0.2) is 77.7 Å². The number of aryl methyl sites for hydroxylation is 5. The van der Waals surface area contributed by atoms with Gasteiger partial charge in [0, 0.05) is 60.2 Å². The maximum atomic E-state index is 12.4. The molecule has 5 rings (SSSR count). The zero-order valence-electron chi connectivity index (χ0n) is 44.6. The summed E-state index contributed by atoms with van der Waals surface area (Å²) >= 11 is 0. The van der Waals surface area contributed by atoms with Crippen molar-refractivity contribution < 1.29 is 19.1 Å². The number of imidazole rings is 2. The van der Waals surface area contributed by atoms with Crippen LogP contribution in [0.5, 0.6) is 0 Å². The number of amides is 2. The van der Waals surface area contributed by atoms with E-state index in [1.807, 2.05) is 63.4 Å². The van der Waals surface area contributed by atoms with Crippen LogP contribution in [0.1, 0.15) is 180 Å². The first-order chi connectivity index (χ1) is 35.2. The molecule has 0 atom stereocenters. The second kappa shape index (κ2) is 37.0. The summed E-state index contributed by atoms with van der Waals surface area (Å²) in [6.45, 7) is 11.6. The summed E-state index contributed by atoms with van der Waals surface area (Å²) in [5, 5.41) is 17.5. The third kappa shape index (κ3) is 27.3. The average Bonchev–Trinajstić information content (AvgIpc) is 4.12. The van der Waals surface area contributed by atoms with Gasteiger partial charge in [-0.3, -0.25) is 14.3 Å². The number of nitrogens with one attached hydrogen (secondary N) is 3. The van der Waals surface area contributed by atoms with Crippen molar-refractivity contribution in [3.05, 3.63) is 117 Å². The summed E-state index contributed by atoms with van der Waals surface area (Å²) in [5.74, 6) is 3.08. The number of ether oxygens (including phenoxy) is 1. The Hall–Kier alpha value is -6.83. The summed E-state index contributed by atoms with van der Waals surface area (Å²) < 4.78 is 8.30. The number of rotatable bonds is 29. The quantitative estimate of drug-likeness (QED) is 0.00994. The highest BCUT2D eigenvalue weighted by atomic mass is 35.5. The van der Waals surface area contributed by atoms with Crippen LogP contribution < -0.4 is 22.1 Å². The maximum absolute atomic E-state index is 12.4. The Kier molecular flexibility index (Phi) is 31.6. The SMILES string of the molecule is C#CCCCCCc1cn(C(=O)OC(C)(C)C)c(N)n1.CCCCCCc1ccc(C(=O)NCCN=[N+]=[N-])cc1.CCCCCCc1ccc(C(=O)NCCn2cc(CCCCCc3cnc(N)[nH]3)nn2)cc1.Cl. The van der Waals surface area contributed by atoms with Crippen LogP contribution in [0.4, 0.5) is 16.7 Å². The van der Waals surface area contributed by atoms with Crippen LogP contribution in [0, 0.1) is 12.3 Å². The van der Waals surface area contributed by atoms with E-state index in [1.165, 1.54) is 67.1 Å². The van der Waals surface area contributed by atoms with Crippen molar-refractivity contribution in [3.63, 3.8) is 0 Å². The third-order valence-electron chi connectivity index (χ3n) is 11.5. The van der Waals surface area contributed by atoms with Crippen molar-refractivity contribution in [3.8, 4) is 12.3 Å². The lowest BCUT2D eigenvalue weighted by Crippen LogP contribution is -2.27. The molecular weight excluding hydrogens is 956 g/mol. The summed E-state index contributed by atoms with van der Waals surface area (Å²) in [4.78, 5) is 49.9. The fourth-order valence-corrected chi connectivity index (χ4v) is 7.51. The maximum Gasteiger partial charge on any atom is 0.421 e. The molecule has 3 heterocycles. The summed E-state index contributed by atoms with van der Waals surface area (Å²) in [6, 6.07) is 15.7. The topological polar surface area (TPSA) is 263 Å². The number of benzene rings is 2. The van der Waals surface area contributed by atoms with Gasteiger partial charge in [-0.05, 0) is 132 Å². The molecule has 0 bridgehead atoms. The number of anilines is 2. The van der Waals surface area contributed by atoms with Crippen LogP contribution in [-0.2, 0) is 43.4 Å². The molecule has 5 aromatic rings. The number of unbranched alkanes of at least 4 members (excludes halogenated alkanes) is 11. The number of nitrogens with zero attached hydrogens (tertiary/aromatic N) is 9. The van der Waals surface area contributed by atoms with E-state index in [-0.39, 0.29) is 36.7 Å². The molecule has 18 nitrogen and oxygen atoms in total. The predicted octanol–water partition coefficient (Wildman–Crippen LogP) is 11.3. The Morgan fingerprint density at radius 1 is 0.757 bits per heavy atom. The van der Waals surface area contributed by atoms with E-state index >= 15 is 0 Å². The number of terminal acetylenes is 1. The zero-order valence-corrected chi connectivity index (χ0v) is 45.4. The minimum atomic E-state index is -0.552. The van der Waals surface area contributed by atoms with Gasteiger partial charge < -0.3 is 31.8 Å². The van der Waals surface area contributed by atoms with Gasteiger partial charge in [0.15, 0.2) is 5.95 Å². The summed E-state index contributed by atoms with van der Waals surface area (Å²) in [6.07, 6.45) is 32.0. The van der Waals surface area contributed by atoms with Crippen LogP contribution >= 0.6 is 12.4 Å². The van der Waals surface area contributed by atoms with Gasteiger partial charge in [-0.1, -0.05) is 99.8 Å². The number of aromatic nitrogens is 7. The van der Waals surface area contributed by atoms with Gasteiger partial charge in [0.25, 0.3) is 11.8 Å². The number of azide groups is 1. The van der Waals surface area contributed by atoms with E-state index < -0.39 is 11.7 Å². The molecule has 3 aromatic heterocycles. The zero-order chi connectivity index (χ0) is 53.1. The largest absolute Gasteiger partial charge is 0.443 e. The van der Waals surface area contributed by atoms with Crippen molar-refractivity contribution in [2.24, 2.45) is 5.11 Å². The van der Waals surface area contributed by atoms with Gasteiger partial charge in [-0.25, -0.2) is 19.3 Å². The highest BCUT2D eigenvalue weighted by Crippen LogP contribution is 2.16. The lowest BCUT2D eigenvalue weighted by Gasteiger charge is -2.19. The lowest BCUT2D eigenvalue weighted by atomic mass is 10.0. The fraction of sp³-hybridized carbons (Fsp3) is 0.545. The number of hydrogen-bond acceptors (Lipinski definition) is 11. The van der Waals surface area contributed by atoms with E-state index in [0.717, 1.165) is 94.1 Å². The van der Waals surface area contributed by atoms with E-state index in [9.17, 15) is 14.4 Å². The van der Waals surface area contributed by atoms with E-state index in [1.54, 1.807) is 17.1 Å². The molecule has 19 heteroatoms. The molecule has 0 aliphatic heterocycles. The predicted molar refractivity (Wildman–Crippen MR) is 298 cm³/mol. The van der Waals surface area contributed by atoms with Gasteiger partial charge in [-0.15, -0.1) is 29.8 Å². The molecule has 74 heavy (non-hydrogen) atoms. The van der Waals surface area contributed by atoms with Crippen LogP contribution in [0.15, 0.2) is 72.2 Å². The lowest BCUT2D eigenvalue weighted by molar-refractivity contribution is 0.0540. The fourth-order valence-electron chi connectivity index (χ4n) is 7.51. The number of halogens is 1. The van der Waals surface area contributed by atoms with E-state index in [4.69, 9.17) is 28.2 Å². The summed E-state index contributed by atoms with van der Waals surface area (Å²) in [5.41, 5.74) is 25.7. The number of carbonyl (C=O) groups excluding carboxylic acids is 3. The number of aromatic amines is 1. The highest BCUT2D eigenvalue weighted by Gasteiger charge is 2.20. The van der Waals surface area contributed by atoms with Crippen LogP contribution in [0.2, 0.25) is 0 Å². The van der Waals surface area contributed by atoms with E-state index in [2.05, 4.69) is 77.8 Å². The van der Waals surface area contributed by atoms with E-state index in [0.29, 0.717) is 36.7 Å². The molecule has 0 aliphatic rings. The number of H-pyrrole nitrogens is 1. The Morgan fingerprint density at radius 3 is 1.84 bits per heavy atom. The Labute approximate surface area is 445 Å². The van der Waals surface area contributed by atoms with Gasteiger partial charge >= 0.3 is 6.09 Å². The number of nitrogen functional groups attached to an aromatic ring is 2. The minimum Gasteiger partial charge on any atom is -0.443 e. The molecule has 404 valence electrons.